The summed E-state index contributed by atoms with van der Waals surface area (Å²) in [5.74, 6) is 0. The second-order valence-corrected chi connectivity index (χ2v) is 12.9. The minimum absolute atomic E-state index is 0.0675. The van der Waals surface area contributed by atoms with Gasteiger partial charge in [-0.1, -0.05) is 123 Å². The van der Waals surface area contributed by atoms with E-state index in [4.69, 9.17) is 0 Å². The highest BCUT2D eigenvalue weighted by molar-refractivity contribution is 6.38. The van der Waals surface area contributed by atoms with Crippen LogP contribution in [0.3, 0.4) is 0 Å². The average Bonchev–Trinajstić information content (AvgIpc) is 3.52. The molecule has 1 heterocycles. The summed E-state index contributed by atoms with van der Waals surface area (Å²) in [4.78, 5) is 0. The molecule has 1 aromatic heterocycles. The zero-order chi connectivity index (χ0) is 29.2. The highest BCUT2D eigenvalue weighted by Gasteiger charge is 2.36. The number of rotatable bonds is 1. The van der Waals surface area contributed by atoms with E-state index in [0.717, 1.165) is 0 Å². The molecule has 1 aliphatic rings. The van der Waals surface area contributed by atoms with Gasteiger partial charge in [-0.3, -0.25) is 0 Å². The Balaban J connectivity index is 1.50. The van der Waals surface area contributed by atoms with Crippen molar-refractivity contribution in [2.24, 2.45) is 0 Å². The number of benzene rings is 8. The first kappa shape index (κ1) is 24.1. The Labute approximate surface area is 255 Å². The Hall–Kier alpha value is -5.40. The topological polar surface area (TPSA) is 4.93 Å². The molecule has 9 aromatic rings. The molecule has 0 saturated carbocycles. The molecule has 206 valence electrons. The maximum Gasteiger partial charge on any atom is 0.0547 e. The minimum Gasteiger partial charge on any atom is -0.309 e. The van der Waals surface area contributed by atoms with Crippen LogP contribution in [0.2, 0.25) is 0 Å². The van der Waals surface area contributed by atoms with Gasteiger partial charge in [-0.15, -0.1) is 0 Å². The second-order valence-electron chi connectivity index (χ2n) is 12.9. The second kappa shape index (κ2) is 8.36. The Morgan fingerprint density at radius 1 is 0.409 bits per heavy atom. The predicted molar refractivity (Wildman–Crippen MR) is 188 cm³/mol. The molecule has 0 aliphatic heterocycles. The molecule has 1 aliphatic carbocycles. The molecule has 8 aromatic carbocycles. The molecule has 10 rings (SSSR count). The fraction of sp³-hybridized carbons (Fsp3) is 0.0698. The van der Waals surface area contributed by atoms with Gasteiger partial charge in [0.25, 0.3) is 0 Å². The maximum absolute atomic E-state index is 2.50. The van der Waals surface area contributed by atoms with Gasteiger partial charge in [-0.25, -0.2) is 0 Å². The fourth-order valence-electron chi connectivity index (χ4n) is 8.37. The third-order valence-corrected chi connectivity index (χ3v) is 10.3. The zero-order valence-electron chi connectivity index (χ0n) is 24.7. The smallest absolute Gasteiger partial charge is 0.0547 e. The van der Waals surface area contributed by atoms with Gasteiger partial charge in [0, 0.05) is 27.3 Å². The van der Waals surface area contributed by atoms with Crippen LogP contribution in [0.25, 0.3) is 81.7 Å². The molecule has 0 atom stereocenters. The molecule has 0 amide bonds. The van der Waals surface area contributed by atoms with Crippen molar-refractivity contribution in [1.82, 2.24) is 4.57 Å². The van der Waals surface area contributed by atoms with Crippen LogP contribution in [0.1, 0.15) is 25.0 Å². The van der Waals surface area contributed by atoms with Crippen LogP contribution in [-0.4, -0.2) is 4.57 Å². The summed E-state index contributed by atoms with van der Waals surface area (Å²) in [6, 6.07) is 52.0. The molecule has 0 N–H and O–H groups in total. The van der Waals surface area contributed by atoms with Crippen molar-refractivity contribution < 1.29 is 0 Å². The van der Waals surface area contributed by atoms with Crippen molar-refractivity contribution in [3.05, 3.63) is 151 Å². The third kappa shape index (κ3) is 2.94. The molecular weight excluding hydrogens is 530 g/mol. The molecular formula is C43H29N. The van der Waals surface area contributed by atoms with Crippen molar-refractivity contribution in [1.29, 1.82) is 0 Å². The Morgan fingerprint density at radius 2 is 1.09 bits per heavy atom. The lowest BCUT2D eigenvalue weighted by Crippen LogP contribution is -2.14. The standard InChI is InChI=1S/C43H29N/c1-43(2)36-19-11-10-17-30(36)34-24-35-39(25-37(34)43)44(27-13-4-3-5-14-27)38-23-22-32-29-16-8-9-18-31(29)40-28-15-7-6-12-26(28)20-21-33(40)41(32)42(35)38/h3-25H,1-2H3. The van der Waals surface area contributed by atoms with Gasteiger partial charge < -0.3 is 4.57 Å². The summed E-state index contributed by atoms with van der Waals surface area (Å²) in [5.41, 5.74) is 9.16. The van der Waals surface area contributed by atoms with Gasteiger partial charge in [0.05, 0.1) is 11.0 Å². The number of para-hydroxylation sites is 1. The van der Waals surface area contributed by atoms with Crippen LogP contribution in [0.15, 0.2) is 140 Å². The van der Waals surface area contributed by atoms with Crippen molar-refractivity contribution in [2.45, 2.75) is 19.3 Å². The molecule has 0 saturated heterocycles. The van der Waals surface area contributed by atoms with E-state index in [1.54, 1.807) is 0 Å². The maximum atomic E-state index is 2.50. The first-order valence-electron chi connectivity index (χ1n) is 15.5. The quantitative estimate of drug-likeness (QED) is 0.176. The van der Waals surface area contributed by atoms with Crippen LogP contribution in [0, 0.1) is 0 Å². The van der Waals surface area contributed by atoms with E-state index in [0.29, 0.717) is 0 Å². The first-order chi connectivity index (χ1) is 21.6. The van der Waals surface area contributed by atoms with E-state index in [2.05, 4.69) is 158 Å². The molecule has 1 heteroatoms. The lowest BCUT2D eigenvalue weighted by Gasteiger charge is -2.21. The van der Waals surface area contributed by atoms with Gasteiger partial charge in [0.1, 0.15) is 0 Å². The Bertz CT molecular complexity index is 2670. The minimum atomic E-state index is -0.0675. The van der Waals surface area contributed by atoms with E-state index >= 15 is 0 Å². The van der Waals surface area contributed by atoms with E-state index in [1.807, 2.05) is 0 Å². The summed E-state index contributed by atoms with van der Waals surface area (Å²) in [5, 5.41) is 13.2. The van der Waals surface area contributed by atoms with Gasteiger partial charge >= 0.3 is 0 Å². The predicted octanol–water partition coefficient (Wildman–Crippen LogP) is 11.7. The Morgan fingerprint density at radius 3 is 1.95 bits per heavy atom. The monoisotopic (exact) mass is 559 g/mol. The molecule has 44 heavy (non-hydrogen) atoms. The molecule has 0 radical (unpaired) electrons. The lowest BCUT2D eigenvalue weighted by molar-refractivity contribution is 0.661. The summed E-state index contributed by atoms with van der Waals surface area (Å²) in [7, 11) is 0. The zero-order valence-corrected chi connectivity index (χ0v) is 24.7. The highest BCUT2D eigenvalue weighted by atomic mass is 15.0. The molecule has 1 nitrogen and oxygen atoms in total. The van der Waals surface area contributed by atoms with Gasteiger partial charge in [-0.05, 0) is 90.3 Å². The van der Waals surface area contributed by atoms with Crippen LogP contribution >= 0.6 is 0 Å². The van der Waals surface area contributed by atoms with Crippen molar-refractivity contribution in [3.8, 4) is 16.8 Å². The largest absolute Gasteiger partial charge is 0.309 e. The van der Waals surface area contributed by atoms with Crippen molar-refractivity contribution >= 4 is 64.9 Å². The number of hydrogen-bond donors (Lipinski definition) is 0. The number of fused-ring (bicyclic) bond motifs is 15. The first-order valence-corrected chi connectivity index (χ1v) is 15.5. The van der Waals surface area contributed by atoms with Crippen LogP contribution in [0.4, 0.5) is 0 Å². The summed E-state index contributed by atoms with van der Waals surface area (Å²) in [6.07, 6.45) is 0. The van der Waals surface area contributed by atoms with Gasteiger partial charge in [0.2, 0.25) is 0 Å². The average molecular weight is 560 g/mol. The summed E-state index contributed by atoms with van der Waals surface area (Å²) in [6.45, 7) is 4.75. The summed E-state index contributed by atoms with van der Waals surface area (Å²) < 4.78 is 2.49. The van der Waals surface area contributed by atoms with Crippen LogP contribution < -0.4 is 0 Å². The number of hydrogen-bond acceptors (Lipinski definition) is 0. The van der Waals surface area contributed by atoms with Crippen LogP contribution in [0.5, 0.6) is 0 Å². The fourth-order valence-corrected chi connectivity index (χ4v) is 8.37. The third-order valence-electron chi connectivity index (χ3n) is 10.3. The normalized spacial score (nSPS) is 13.9. The number of nitrogens with zero attached hydrogens (tertiary/aromatic N) is 1. The molecule has 0 fully saturated rings. The lowest BCUT2D eigenvalue weighted by atomic mass is 9.82. The SMILES string of the molecule is CC1(C)c2ccccc2-c2cc3c4c5c(ccc4n(-c4ccccc4)c3cc21)c1ccccc1c1c2ccccc2ccc15. The van der Waals surface area contributed by atoms with E-state index in [1.165, 1.54) is 92.8 Å². The molecule has 0 spiro atoms. The summed E-state index contributed by atoms with van der Waals surface area (Å²) >= 11 is 0. The highest BCUT2D eigenvalue weighted by Crippen LogP contribution is 2.52. The van der Waals surface area contributed by atoms with Crippen molar-refractivity contribution in [2.75, 3.05) is 0 Å². The molecule has 0 bridgehead atoms. The van der Waals surface area contributed by atoms with E-state index in [-0.39, 0.29) is 5.41 Å². The Kier molecular flexibility index (Phi) is 4.58. The number of aromatic nitrogens is 1. The van der Waals surface area contributed by atoms with Gasteiger partial charge in [-0.2, -0.15) is 0 Å². The van der Waals surface area contributed by atoms with E-state index < -0.39 is 0 Å². The molecule has 0 unspecified atom stereocenters. The van der Waals surface area contributed by atoms with Crippen molar-refractivity contribution in [3.63, 3.8) is 0 Å². The van der Waals surface area contributed by atoms with Crippen LogP contribution in [-0.2, 0) is 5.41 Å². The van der Waals surface area contributed by atoms with Gasteiger partial charge in [0.15, 0.2) is 0 Å². The van der Waals surface area contributed by atoms with E-state index in [9.17, 15) is 0 Å².